The summed E-state index contributed by atoms with van der Waals surface area (Å²) in [5.74, 6) is -0.278. The van der Waals surface area contributed by atoms with Gasteiger partial charge in [0.15, 0.2) is 0 Å². The van der Waals surface area contributed by atoms with Gasteiger partial charge in [-0.3, -0.25) is 4.99 Å². The molecule has 0 spiro atoms. The zero-order valence-corrected chi connectivity index (χ0v) is 9.14. The Morgan fingerprint density at radius 2 is 2.38 bits per heavy atom. The maximum Gasteiger partial charge on any atom is 0.338 e. The highest BCUT2D eigenvalue weighted by atomic mass is 16.5. The monoisotopic (exact) mass is 218 g/mol. The summed E-state index contributed by atoms with van der Waals surface area (Å²) in [4.78, 5) is 16.0. The van der Waals surface area contributed by atoms with Crippen LogP contribution in [0, 0.1) is 0 Å². The Hall–Kier alpha value is -1.84. The number of ether oxygens (including phenoxy) is 1. The van der Waals surface area contributed by atoms with Crippen molar-refractivity contribution in [3.05, 3.63) is 35.4 Å². The average Bonchev–Trinajstić information content (AvgIpc) is 2.83. The van der Waals surface area contributed by atoms with E-state index >= 15 is 0 Å². The average molecular weight is 218 g/mol. The summed E-state index contributed by atoms with van der Waals surface area (Å²) < 4.78 is 5.02. The molecule has 1 atom stereocenters. The number of hydrogen-bond acceptors (Lipinski definition) is 4. The first kappa shape index (κ1) is 10.7. The minimum atomic E-state index is -0.278. The van der Waals surface area contributed by atoms with Crippen LogP contribution >= 0.6 is 0 Å². The molecule has 84 valence electrons. The standard InChI is InChI=1S/C12H14N2O2/c1-2-16-12(15)10-6-4-3-5-9(10)11-7-13-8-14-11/h3-6,8,11H,2,7H2,1H3,(H,13,14). The number of carbonyl (C=O) groups excluding carboxylic acids is 1. The lowest BCUT2D eigenvalue weighted by Gasteiger charge is -2.11. The molecular formula is C12H14N2O2. The van der Waals surface area contributed by atoms with Gasteiger partial charge in [0, 0.05) is 6.54 Å². The third kappa shape index (κ3) is 2.05. The second-order valence-electron chi connectivity index (χ2n) is 3.51. The third-order valence-electron chi connectivity index (χ3n) is 2.47. The number of carbonyl (C=O) groups is 1. The van der Waals surface area contributed by atoms with Crippen molar-refractivity contribution in [2.45, 2.75) is 13.0 Å². The molecule has 0 aromatic heterocycles. The van der Waals surface area contributed by atoms with E-state index in [2.05, 4.69) is 10.3 Å². The molecule has 1 aromatic rings. The van der Waals surface area contributed by atoms with Crippen LogP contribution in [0.4, 0.5) is 0 Å². The van der Waals surface area contributed by atoms with Gasteiger partial charge in [0.2, 0.25) is 0 Å². The lowest BCUT2D eigenvalue weighted by molar-refractivity contribution is 0.0524. The largest absolute Gasteiger partial charge is 0.462 e. The van der Waals surface area contributed by atoms with E-state index in [-0.39, 0.29) is 12.0 Å². The lowest BCUT2D eigenvalue weighted by Crippen LogP contribution is -2.14. The second-order valence-corrected chi connectivity index (χ2v) is 3.51. The van der Waals surface area contributed by atoms with Crippen molar-refractivity contribution in [2.24, 2.45) is 4.99 Å². The van der Waals surface area contributed by atoms with Crippen LogP contribution in [0.1, 0.15) is 28.9 Å². The molecule has 1 aliphatic rings. The van der Waals surface area contributed by atoms with Crippen molar-refractivity contribution in [3.63, 3.8) is 0 Å². The Morgan fingerprint density at radius 1 is 1.56 bits per heavy atom. The molecule has 0 fully saturated rings. The first-order valence-corrected chi connectivity index (χ1v) is 5.34. The molecule has 16 heavy (non-hydrogen) atoms. The van der Waals surface area contributed by atoms with Crippen LogP contribution in [0.25, 0.3) is 0 Å². The molecule has 2 rings (SSSR count). The quantitative estimate of drug-likeness (QED) is 0.783. The third-order valence-corrected chi connectivity index (χ3v) is 2.47. The summed E-state index contributed by atoms with van der Waals surface area (Å²) in [5.41, 5.74) is 1.53. The zero-order chi connectivity index (χ0) is 11.4. The summed E-state index contributed by atoms with van der Waals surface area (Å²) in [6.07, 6.45) is 1.67. The van der Waals surface area contributed by atoms with E-state index in [9.17, 15) is 4.79 Å². The van der Waals surface area contributed by atoms with Gasteiger partial charge in [-0.1, -0.05) is 18.2 Å². The summed E-state index contributed by atoms with van der Waals surface area (Å²) >= 11 is 0. The number of aliphatic imine (C=N–C) groups is 1. The Balaban J connectivity index is 2.29. The Kier molecular flexibility index (Phi) is 3.19. The fraction of sp³-hybridized carbons (Fsp3) is 0.333. The normalized spacial score (nSPS) is 18.2. The molecule has 1 heterocycles. The van der Waals surface area contributed by atoms with Gasteiger partial charge in [0.1, 0.15) is 0 Å². The molecular weight excluding hydrogens is 204 g/mol. The highest BCUT2D eigenvalue weighted by molar-refractivity contribution is 5.91. The predicted molar refractivity (Wildman–Crippen MR) is 61.6 cm³/mol. The molecule has 0 amide bonds. The van der Waals surface area contributed by atoms with Gasteiger partial charge in [-0.2, -0.15) is 0 Å². The highest BCUT2D eigenvalue weighted by Crippen LogP contribution is 2.23. The van der Waals surface area contributed by atoms with Crippen molar-refractivity contribution >= 4 is 12.3 Å². The first-order valence-electron chi connectivity index (χ1n) is 5.34. The van der Waals surface area contributed by atoms with Crippen LogP contribution in [0.3, 0.4) is 0 Å². The number of esters is 1. The van der Waals surface area contributed by atoms with Crippen molar-refractivity contribution in [1.82, 2.24) is 5.32 Å². The molecule has 0 saturated carbocycles. The van der Waals surface area contributed by atoms with E-state index in [0.717, 1.165) is 12.1 Å². The van der Waals surface area contributed by atoms with Crippen molar-refractivity contribution < 1.29 is 9.53 Å². The number of nitrogens with zero attached hydrogens (tertiary/aromatic N) is 1. The molecule has 4 nitrogen and oxygen atoms in total. The smallest absolute Gasteiger partial charge is 0.338 e. The van der Waals surface area contributed by atoms with Crippen LogP contribution in [0.15, 0.2) is 29.3 Å². The fourth-order valence-corrected chi connectivity index (χ4v) is 1.73. The Bertz CT molecular complexity index is 415. The van der Waals surface area contributed by atoms with Gasteiger partial charge in [0.05, 0.1) is 24.6 Å². The first-order chi connectivity index (χ1) is 7.83. The van der Waals surface area contributed by atoms with Gasteiger partial charge in [-0.05, 0) is 18.6 Å². The molecule has 1 unspecified atom stereocenters. The molecule has 0 bridgehead atoms. The summed E-state index contributed by atoms with van der Waals surface area (Å²) in [7, 11) is 0. The molecule has 1 aliphatic heterocycles. The van der Waals surface area contributed by atoms with Gasteiger partial charge in [-0.15, -0.1) is 0 Å². The van der Waals surface area contributed by atoms with E-state index in [0.29, 0.717) is 12.2 Å². The van der Waals surface area contributed by atoms with Gasteiger partial charge in [-0.25, -0.2) is 4.79 Å². The Morgan fingerprint density at radius 3 is 3.06 bits per heavy atom. The summed E-state index contributed by atoms with van der Waals surface area (Å²) in [5, 5.41) is 3.03. The fourth-order valence-electron chi connectivity index (χ4n) is 1.73. The molecule has 0 aliphatic carbocycles. The van der Waals surface area contributed by atoms with Crippen LogP contribution in [0.5, 0.6) is 0 Å². The zero-order valence-electron chi connectivity index (χ0n) is 9.14. The van der Waals surface area contributed by atoms with Crippen LogP contribution in [0.2, 0.25) is 0 Å². The van der Waals surface area contributed by atoms with Crippen LogP contribution in [-0.4, -0.2) is 25.5 Å². The second kappa shape index (κ2) is 4.79. The minimum absolute atomic E-state index is 0.0145. The molecule has 0 radical (unpaired) electrons. The predicted octanol–water partition coefficient (Wildman–Crippen LogP) is 1.54. The topological polar surface area (TPSA) is 50.7 Å². The maximum absolute atomic E-state index is 11.7. The lowest BCUT2D eigenvalue weighted by atomic mass is 10.0. The highest BCUT2D eigenvalue weighted by Gasteiger charge is 2.20. The molecule has 1 aromatic carbocycles. The Labute approximate surface area is 94.3 Å². The minimum Gasteiger partial charge on any atom is -0.462 e. The van der Waals surface area contributed by atoms with Crippen molar-refractivity contribution in [2.75, 3.05) is 13.2 Å². The number of hydrogen-bond donors (Lipinski definition) is 1. The van der Waals surface area contributed by atoms with Gasteiger partial charge >= 0.3 is 5.97 Å². The van der Waals surface area contributed by atoms with Gasteiger partial charge in [0.25, 0.3) is 0 Å². The van der Waals surface area contributed by atoms with Crippen molar-refractivity contribution in [3.8, 4) is 0 Å². The van der Waals surface area contributed by atoms with Gasteiger partial charge < -0.3 is 10.1 Å². The van der Waals surface area contributed by atoms with E-state index < -0.39 is 0 Å². The van der Waals surface area contributed by atoms with E-state index in [1.165, 1.54) is 0 Å². The van der Waals surface area contributed by atoms with E-state index in [1.807, 2.05) is 18.2 Å². The molecule has 0 saturated heterocycles. The number of nitrogens with one attached hydrogen (secondary N) is 1. The van der Waals surface area contributed by atoms with E-state index in [4.69, 9.17) is 4.74 Å². The molecule has 1 N–H and O–H groups in total. The van der Waals surface area contributed by atoms with E-state index in [1.54, 1.807) is 19.3 Å². The van der Waals surface area contributed by atoms with Crippen LogP contribution in [-0.2, 0) is 4.74 Å². The summed E-state index contributed by atoms with van der Waals surface area (Å²) in [6.45, 7) is 2.92. The maximum atomic E-state index is 11.7. The SMILES string of the molecule is CCOC(=O)c1ccccc1C1CNC=N1. The number of rotatable bonds is 3. The summed E-state index contributed by atoms with van der Waals surface area (Å²) in [6, 6.07) is 7.46. The van der Waals surface area contributed by atoms with Crippen molar-refractivity contribution in [1.29, 1.82) is 0 Å². The van der Waals surface area contributed by atoms with Crippen LogP contribution < -0.4 is 5.32 Å². The molecule has 4 heteroatoms. The number of benzene rings is 1.